The van der Waals surface area contributed by atoms with Crippen molar-refractivity contribution < 1.29 is 35.1 Å². The topological polar surface area (TPSA) is 152 Å². The van der Waals surface area contributed by atoms with E-state index < -0.39 is 37.1 Å². The maximum atomic E-state index is 12.1. The number of urea groups is 1. The summed E-state index contributed by atoms with van der Waals surface area (Å²) in [4.78, 5) is 12.1. The van der Waals surface area contributed by atoms with E-state index in [0.29, 0.717) is 18.9 Å². The lowest BCUT2D eigenvalue weighted by molar-refractivity contribution is -0.232. The van der Waals surface area contributed by atoms with E-state index in [4.69, 9.17) is 4.74 Å². The van der Waals surface area contributed by atoms with Crippen LogP contribution < -0.4 is 10.6 Å². The number of hydrogen-bond donors (Lipinski definition) is 7. The fourth-order valence-corrected chi connectivity index (χ4v) is 5.59. The van der Waals surface area contributed by atoms with Gasteiger partial charge in [0.1, 0.15) is 36.3 Å². The zero-order valence-electron chi connectivity index (χ0n) is 22.6. The number of phenolic OH excluding ortho intramolecular Hbond substituents is 1. The van der Waals surface area contributed by atoms with Crippen molar-refractivity contribution >= 4 is 6.03 Å². The van der Waals surface area contributed by atoms with Crippen molar-refractivity contribution in [3.8, 4) is 5.75 Å². The number of aliphatic hydroxyl groups excluding tert-OH is 4. The highest BCUT2D eigenvalue weighted by Gasteiger charge is 2.44. The Kier molecular flexibility index (Phi) is 10.2. The molecule has 0 radical (unpaired) electrons. The minimum Gasteiger partial charge on any atom is -0.508 e. The third-order valence-electron chi connectivity index (χ3n) is 8.08. The first-order valence-corrected chi connectivity index (χ1v) is 14.0. The highest BCUT2D eigenvalue weighted by Crippen LogP contribution is 2.38. The molecule has 39 heavy (non-hydrogen) atoms. The SMILES string of the molecule is Cc1cc(O)c([C@@H]2O[C@H](CO)[C@@H](O)[C@H](O)[C@H]2O)cc1Cc1ccc(CCNC(=O)NCC2CCCCC2)cc1. The first kappa shape index (κ1) is 29.3. The van der Waals surface area contributed by atoms with E-state index in [0.717, 1.165) is 35.2 Å². The molecule has 2 aromatic rings. The van der Waals surface area contributed by atoms with Crippen LogP contribution in [0.15, 0.2) is 36.4 Å². The van der Waals surface area contributed by atoms with Crippen molar-refractivity contribution in [2.24, 2.45) is 5.92 Å². The highest BCUT2D eigenvalue weighted by molar-refractivity contribution is 5.73. The van der Waals surface area contributed by atoms with Gasteiger partial charge < -0.3 is 40.9 Å². The van der Waals surface area contributed by atoms with Gasteiger partial charge in [-0.05, 0) is 72.9 Å². The molecule has 1 heterocycles. The number of rotatable bonds is 9. The maximum Gasteiger partial charge on any atom is 0.314 e. The Balaban J connectivity index is 1.32. The van der Waals surface area contributed by atoms with Gasteiger partial charge in [0.05, 0.1) is 6.61 Å². The summed E-state index contributed by atoms with van der Waals surface area (Å²) in [6, 6.07) is 11.3. The minimum atomic E-state index is -1.52. The molecule has 1 aliphatic heterocycles. The van der Waals surface area contributed by atoms with Crippen LogP contribution in [0.4, 0.5) is 4.79 Å². The minimum absolute atomic E-state index is 0.0915. The second kappa shape index (κ2) is 13.6. The Morgan fingerprint density at radius 1 is 0.949 bits per heavy atom. The van der Waals surface area contributed by atoms with E-state index in [1.807, 2.05) is 31.2 Å². The Hall–Kier alpha value is -2.69. The summed E-state index contributed by atoms with van der Waals surface area (Å²) < 4.78 is 5.65. The average Bonchev–Trinajstić information content (AvgIpc) is 2.94. The van der Waals surface area contributed by atoms with Crippen molar-refractivity contribution in [3.05, 3.63) is 64.2 Å². The molecule has 2 aliphatic rings. The number of hydrogen-bond acceptors (Lipinski definition) is 7. The molecule has 0 unspecified atom stereocenters. The van der Waals surface area contributed by atoms with Crippen LogP contribution in [0.3, 0.4) is 0 Å². The number of benzene rings is 2. The number of aryl methyl sites for hydroxylation is 1. The highest BCUT2D eigenvalue weighted by atomic mass is 16.5. The lowest BCUT2D eigenvalue weighted by Crippen LogP contribution is -2.55. The third kappa shape index (κ3) is 7.49. The number of amides is 2. The molecule has 4 rings (SSSR count). The third-order valence-corrected chi connectivity index (χ3v) is 8.08. The van der Waals surface area contributed by atoms with Crippen LogP contribution in [0.25, 0.3) is 0 Å². The van der Waals surface area contributed by atoms with Crippen molar-refractivity contribution in [3.63, 3.8) is 0 Å². The summed E-state index contributed by atoms with van der Waals surface area (Å²) >= 11 is 0. The van der Waals surface area contributed by atoms with Crippen LogP contribution in [0.2, 0.25) is 0 Å². The molecular formula is C30H42N2O7. The average molecular weight is 543 g/mol. The maximum absolute atomic E-state index is 12.1. The van der Waals surface area contributed by atoms with Crippen molar-refractivity contribution in [1.82, 2.24) is 10.6 Å². The van der Waals surface area contributed by atoms with Gasteiger partial charge in [0.25, 0.3) is 0 Å². The van der Waals surface area contributed by atoms with Crippen molar-refractivity contribution in [2.45, 2.75) is 82.4 Å². The van der Waals surface area contributed by atoms with Crippen LogP contribution in [0, 0.1) is 12.8 Å². The van der Waals surface area contributed by atoms with Gasteiger partial charge in [-0.2, -0.15) is 0 Å². The lowest BCUT2D eigenvalue weighted by atomic mass is 9.88. The first-order chi connectivity index (χ1) is 18.8. The van der Waals surface area contributed by atoms with Crippen LogP contribution >= 0.6 is 0 Å². The number of aromatic hydroxyl groups is 1. The molecule has 5 atom stereocenters. The Bertz CT molecular complexity index is 1090. The number of carbonyl (C=O) groups excluding carboxylic acids is 1. The van der Waals surface area contributed by atoms with E-state index in [9.17, 15) is 30.3 Å². The molecule has 9 heteroatoms. The number of phenols is 1. The first-order valence-electron chi connectivity index (χ1n) is 14.0. The summed E-state index contributed by atoms with van der Waals surface area (Å²) in [5.41, 5.74) is 4.20. The number of aliphatic hydroxyl groups is 4. The number of nitrogens with one attached hydrogen (secondary N) is 2. The van der Waals surface area contributed by atoms with E-state index in [-0.39, 0.29) is 17.3 Å². The van der Waals surface area contributed by atoms with Crippen LogP contribution in [0.1, 0.15) is 66.0 Å². The molecule has 0 aromatic heterocycles. The zero-order valence-corrected chi connectivity index (χ0v) is 22.6. The van der Waals surface area contributed by atoms with Crippen molar-refractivity contribution in [1.29, 1.82) is 0 Å². The zero-order chi connectivity index (χ0) is 27.9. The van der Waals surface area contributed by atoms with Gasteiger partial charge in [0.2, 0.25) is 0 Å². The quantitative estimate of drug-likeness (QED) is 0.257. The molecule has 9 nitrogen and oxygen atoms in total. The second-order valence-electron chi connectivity index (χ2n) is 11.0. The molecule has 7 N–H and O–H groups in total. The summed E-state index contributed by atoms with van der Waals surface area (Å²) in [6.45, 7) is 2.64. The van der Waals surface area contributed by atoms with Gasteiger partial charge in [-0.15, -0.1) is 0 Å². The molecule has 214 valence electrons. The molecule has 0 bridgehead atoms. The Morgan fingerprint density at radius 2 is 1.64 bits per heavy atom. The van der Waals surface area contributed by atoms with Crippen LogP contribution in [-0.2, 0) is 17.6 Å². The van der Waals surface area contributed by atoms with Gasteiger partial charge in [-0.25, -0.2) is 4.79 Å². The molecule has 2 fully saturated rings. The van der Waals surface area contributed by atoms with E-state index in [2.05, 4.69) is 10.6 Å². The van der Waals surface area contributed by atoms with Crippen molar-refractivity contribution in [2.75, 3.05) is 19.7 Å². The molecule has 2 aromatic carbocycles. The molecule has 1 saturated heterocycles. The van der Waals surface area contributed by atoms with Gasteiger partial charge in [-0.1, -0.05) is 43.5 Å². The summed E-state index contributed by atoms with van der Waals surface area (Å²) in [5.74, 6) is 0.508. The van der Waals surface area contributed by atoms with E-state index in [1.54, 1.807) is 12.1 Å². The largest absolute Gasteiger partial charge is 0.508 e. The summed E-state index contributed by atoms with van der Waals surface area (Å²) in [6.07, 6.45) is 0.910. The second-order valence-corrected chi connectivity index (χ2v) is 11.0. The predicted molar refractivity (Wildman–Crippen MR) is 146 cm³/mol. The molecule has 1 aliphatic carbocycles. The van der Waals surface area contributed by atoms with Gasteiger partial charge in [0.15, 0.2) is 0 Å². The van der Waals surface area contributed by atoms with E-state index >= 15 is 0 Å². The number of ether oxygens (including phenoxy) is 1. The van der Waals surface area contributed by atoms with E-state index in [1.165, 1.54) is 32.1 Å². The Labute approximate surface area is 229 Å². The monoisotopic (exact) mass is 542 g/mol. The van der Waals surface area contributed by atoms with Gasteiger partial charge in [-0.3, -0.25) is 0 Å². The molecule has 2 amide bonds. The normalized spacial score (nSPS) is 25.8. The lowest BCUT2D eigenvalue weighted by Gasteiger charge is -2.40. The van der Waals surface area contributed by atoms with Crippen LogP contribution in [0.5, 0.6) is 5.75 Å². The number of carbonyl (C=O) groups is 1. The van der Waals surface area contributed by atoms with Crippen LogP contribution in [-0.4, -0.2) is 75.7 Å². The summed E-state index contributed by atoms with van der Waals surface area (Å²) in [5, 5.41) is 56.8. The van der Waals surface area contributed by atoms with Gasteiger partial charge in [0, 0.05) is 18.7 Å². The molecule has 1 saturated carbocycles. The fraction of sp³-hybridized carbons (Fsp3) is 0.567. The standard InChI is InChI=1S/C30H42N2O7/c1-18-13-24(34)23(29-28(37)27(36)26(35)25(17-33)39-29)15-22(18)14-20-9-7-19(8-10-20)11-12-31-30(38)32-16-21-5-3-2-4-6-21/h7-10,13,15,21,25-29,33-37H,2-6,11-12,14,16-17H2,1H3,(H2,31,32,38)/t25-,26-,27+,28-,29+/m1/s1. The smallest absolute Gasteiger partial charge is 0.314 e. The molecular weight excluding hydrogens is 500 g/mol. The molecule has 0 spiro atoms. The van der Waals surface area contributed by atoms with Gasteiger partial charge >= 0.3 is 6.03 Å². The Morgan fingerprint density at radius 3 is 2.33 bits per heavy atom. The summed E-state index contributed by atoms with van der Waals surface area (Å²) in [7, 11) is 0. The fourth-order valence-electron chi connectivity index (χ4n) is 5.59. The predicted octanol–water partition coefficient (Wildman–Crippen LogP) is 2.23.